The molecule has 1 fully saturated rings. The van der Waals surface area contributed by atoms with E-state index in [2.05, 4.69) is 20.8 Å². The second-order valence-electron chi connectivity index (χ2n) is 5.03. The van der Waals surface area contributed by atoms with Gasteiger partial charge in [0.2, 0.25) is 0 Å². The third kappa shape index (κ3) is 3.62. The second kappa shape index (κ2) is 7.24. The maximum atomic E-state index is 12.3. The van der Waals surface area contributed by atoms with E-state index in [9.17, 15) is 4.79 Å². The Morgan fingerprint density at radius 3 is 2.86 bits per heavy atom. The van der Waals surface area contributed by atoms with Crippen molar-refractivity contribution >= 4 is 18.3 Å². The van der Waals surface area contributed by atoms with E-state index < -0.39 is 0 Å². The van der Waals surface area contributed by atoms with Crippen LogP contribution >= 0.6 is 12.4 Å². The van der Waals surface area contributed by atoms with Crippen LogP contribution in [0.15, 0.2) is 36.5 Å². The molecule has 21 heavy (non-hydrogen) atoms. The number of halogens is 1. The molecule has 0 bridgehead atoms. The fourth-order valence-corrected chi connectivity index (χ4v) is 2.53. The average molecular weight is 307 g/mol. The van der Waals surface area contributed by atoms with Gasteiger partial charge < -0.3 is 10.6 Å². The van der Waals surface area contributed by atoms with Crippen LogP contribution < -0.4 is 10.6 Å². The number of hydrogen-bond donors (Lipinski definition) is 3. The number of aromatic amines is 1. The third-order valence-corrected chi connectivity index (χ3v) is 3.62. The first-order chi connectivity index (χ1) is 9.84. The molecule has 0 aliphatic carbocycles. The smallest absolute Gasteiger partial charge is 0.255 e. The number of rotatable bonds is 4. The minimum atomic E-state index is -0.0775. The lowest BCUT2D eigenvalue weighted by Crippen LogP contribution is -2.37. The van der Waals surface area contributed by atoms with Crippen LogP contribution in [0.3, 0.4) is 0 Å². The first-order valence-electron chi connectivity index (χ1n) is 6.95. The highest BCUT2D eigenvalue weighted by atomic mass is 35.5. The van der Waals surface area contributed by atoms with Gasteiger partial charge in [-0.1, -0.05) is 30.3 Å². The fraction of sp³-hybridized carbons (Fsp3) is 0.333. The standard InChI is InChI=1S/C15H18N4O.ClH/c20-15(17-9-12-7-4-8-16-12)13-10-18-19-14(13)11-5-2-1-3-6-11;/h1-3,5-6,10,12,16H,4,7-9H2,(H,17,20)(H,18,19);1H. The summed E-state index contributed by atoms with van der Waals surface area (Å²) in [5.74, 6) is -0.0775. The van der Waals surface area contributed by atoms with Gasteiger partial charge >= 0.3 is 0 Å². The van der Waals surface area contributed by atoms with Crippen LogP contribution in [-0.2, 0) is 0 Å². The normalized spacial score (nSPS) is 17.2. The van der Waals surface area contributed by atoms with Crippen LogP contribution in [0.2, 0.25) is 0 Å². The van der Waals surface area contributed by atoms with E-state index in [0.717, 1.165) is 24.2 Å². The predicted octanol–water partition coefficient (Wildman–Crippen LogP) is 1.98. The SMILES string of the molecule is Cl.O=C(NCC1CCCN1)c1cn[nH]c1-c1ccccc1. The molecule has 1 aliphatic rings. The number of aromatic nitrogens is 2. The summed E-state index contributed by atoms with van der Waals surface area (Å²) in [7, 11) is 0. The number of hydrogen-bond acceptors (Lipinski definition) is 3. The van der Waals surface area contributed by atoms with Crippen LogP contribution in [0.4, 0.5) is 0 Å². The van der Waals surface area contributed by atoms with Gasteiger partial charge in [-0.15, -0.1) is 12.4 Å². The Morgan fingerprint density at radius 2 is 2.14 bits per heavy atom. The van der Waals surface area contributed by atoms with Gasteiger partial charge in [0.05, 0.1) is 17.5 Å². The molecule has 1 atom stereocenters. The molecule has 3 rings (SSSR count). The zero-order chi connectivity index (χ0) is 13.8. The van der Waals surface area contributed by atoms with Crippen LogP contribution in [0.25, 0.3) is 11.3 Å². The summed E-state index contributed by atoms with van der Waals surface area (Å²) >= 11 is 0. The Bertz CT molecular complexity index is 578. The van der Waals surface area contributed by atoms with E-state index in [0.29, 0.717) is 18.2 Å². The van der Waals surface area contributed by atoms with Gasteiger partial charge in [0.15, 0.2) is 0 Å². The molecule has 2 heterocycles. The van der Waals surface area contributed by atoms with Crippen molar-refractivity contribution in [3.8, 4) is 11.3 Å². The van der Waals surface area contributed by atoms with Crippen LogP contribution in [0.1, 0.15) is 23.2 Å². The number of nitrogens with zero attached hydrogens (tertiary/aromatic N) is 1. The molecule has 1 amide bonds. The molecule has 3 N–H and O–H groups in total. The molecular formula is C15H19ClN4O. The number of benzene rings is 1. The second-order valence-corrected chi connectivity index (χ2v) is 5.03. The largest absolute Gasteiger partial charge is 0.350 e. The molecule has 1 saturated heterocycles. The Morgan fingerprint density at radius 1 is 1.33 bits per heavy atom. The lowest BCUT2D eigenvalue weighted by Gasteiger charge is -2.11. The van der Waals surface area contributed by atoms with E-state index in [-0.39, 0.29) is 18.3 Å². The summed E-state index contributed by atoms with van der Waals surface area (Å²) in [6, 6.07) is 10.2. The van der Waals surface area contributed by atoms with Crippen molar-refractivity contribution in [1.29, 1.82) is 0 Å². The Kier molecular flexibility index (Phi) is 5.36. The van der Waals surface area contributed by atoms with E-state index in [1.165, 1.54) is 6.42 Å². The Balaban J connectivity index is 0.00000161. The highest BCUT2D eigenvalue weighted by Crippen LogP contribution is 2.20. The zero-order valence-electron chi connectivity index (χ0n) is 11.6. The van der Waals surface area contributed by atoms with Crippen molar-refractivity contribution in [3.63, 3.8) is 0 Å². The van der Waals surface area contributed by atoms with E-state index in [1.807, 2.05) is 30.3 Å². The molecule has 6 heteroatoms. The van der Waals surface area contributed by atoms with Crippen molar-refractivity contribution in [2.45, 2.75) is 18.9 Å². The molecule has 2 aromatic rings. The molecule has 1 aliphatic heterocycles. The quantitative estimate of drug-likeness (QED) is 0.809. The van der Waals surface area contributed by atoms with Crippen molar-refractivity contribution in [2.24, 2.45) is 0 Å². The summed E-state index contributed by atoms with van der Waals surface area (Å²) in [5.41, 5.74) is 2.32. The molecule has 5 nitrogen and oxygen atoms in total. The summed E-state index contributed by atoms with van der Waals surface area (Å²) in [4.78, 5) is 12.3. The maximum absolute atomic E-state index is 12.3. The van der Waals surface area contributed by atoms with Gasteiger partial charge in [-0.2, -0.15) is 5.10 Å². The maximum Gasteiger partial charge on any atom is 0.255 e. The van der Waals surface area contributed by atoms with Crippen molar-refractivity contribution in [1.82, 2.24) is 20.8 Å². The minimum absolute atomic E-state index is 0. The van der Waals surface area contributed by atoms with Gasteiger partial charge in [-0.25, -0.2) is 0 Å². The highest BCUT2D eigenvalue weighted by molar-refractivity contribution is 5.99. The predicted molar refractivity (Wildman–Crippen MR) is 84.6 cm³/mol. The number of carbonyl (C=O) groups excluding carboxylic acids is 1. The lowest BCUT2D eigenvalue weighted by atomic mass is 10.1. The van der Waals surface area contributed by atoms with Gasteiger partial charge in [0, 0.05) is 18.2 Å². The number of amides is 1. The average Bonchev–Trinajstić information content (AvgIpc) is 3.17. The molecule has 0 radical (unpaired) electrons. The van der Waals surface area contributed by atoms with E-state index in [1.54, 1.807) is 6.20 Å². The molecule has 1 unspecified atom stereocenters. The Labute approximate surface area is 129 Å². The number of H-pyrrole nitrogens is 1. The van der Waals surface area contributed by atoms with Crippen molar-refractivity contribution < 1.29 is 4.79 Å². The molecule has 1 aromatic heterocycles. The monoisotopic (exact) mass is 306 g/mol. The minimum Gasteiger partial charge on any atom is -0.350 e. The van der Waals surface area contributed by atoms with Crippen LogP contribution in [0, 0.1) is 0 Å². The first-order valence-corrected chi connectivity index (χ1v) is 6.95. The number of carbonyl (C=O) groups is 1. The number of nitrogens with one attached hydrogen (secondary N) is 3. The lowest BCUT2D eigenvalue weighted by molar-refractivity contribution is 0.0951. The van der Waals surface area contributed by atoms with E-state index >= 15 is 0 Å². The third-order valence-electron chi connectivity index (χ3n) is 3.62. The summed E-state index contributed by atoms with van der Waals surface area (Å²) in [6.07, 6.45) is 3.89. The highest BCUT2D eigenvalue weighted by Gasteiger charge is 2.18. The van der Waals surface area contributed by atoms with Crippen LogP contribution in [0.5, 0.6) is 0 Å². The first kappa shape index (κ1) is 15.5. The van der Waals surface area contributed by atoms with Crippen LogP contribution in [-0.4, -0.2) is 35.2 Å². The van der Waals surface area contributed by atoms with Gasteiger partial charge in [0.25, 0.3) is 5.91 Å². The van der Waals surface area contributed by atoms with Crippen molar-refractivity contribution in [2.75, 3.05) is 13.1 Å². The molecule has 112 valence electrons. The fourth-order valence-electron chi connectivity index (χ4n) is 2.53. The summed E-state index contributed by atoms with van der Waals surface area (Å²) < 4.78 is 0. The molecule has 0 saturated carbocycles. The van der Waals surface area contributed by atoms with Gasteiger partial charge in [-0.3, -0.25) is 9.89 Å². The molecule has 1 aromatic carbocycles. The zero-order valence-corrected chi connectivity index (χ0v) is 12.5. The molecule has 0 spiro atoms. The van der Waals surface area contributed by atoms with Gasteiger partial charge in [-0.05, 0) is 19.4 Å². The molecular weight excluding hydrogens is 288 g/mol. The van der Waals surface area contributed by atoms with Crippen molar-refractivity contribution in [3.05, 3.63) is 42.1 Å². The Hall–Kier alpha value is -1.85. The summed E-state index contributed by atoms with van der Waals surface area (Å²) in [5, 5.41) is 13.2. The van der Waals surface area contributed by atoms with E-state index in [4.69, 9.17) is 0 Å². The summed E-state index contributed by atoms with van der Waals surface area (Å²) in [6.45, 7) is 1.71. The van der Waals surface area contributed by atoms with Gasteiger partial charge in [0.1, 0.15) is 0 Å². The topological polar surface area (TPSA) is 69.8 Å².